The van der Waals surface area contributed by atoms with Crippen LogP contribution in [0.2, 0.25) is 0 Å². The molecular formula is C22H15F3N4O3. The van der Waals surface area contributed by atoms with E-state index in [1.165, 1.54) is 18.3 Å². The van der Waals surface area contributed by atoms with Crippen molar-refractivity contribution in [2.24, 2.45) is 0 Å². The summed E-state index contributed by atoms with van der Waals surface area (Å²) in [5.74, 6) is 0.280. The van der Waals surface area contributed by atoms with Crippen LogP contribution in [-0.2, 0) is 0 Å². The molecule has 162 valence electrons. The Morgan fingerprint density at radius 1 is 0.844 bits per heavy atom. The van der Waals surface area contributed by atoms with Gasteiger partial charge in [0.05, 0.1) is 5.52 Å². The number of benzene rings is 2. The lowest BCUT2D eigenvalue weighted by Crippen LogP contribution is -2.20. The molecule has 0 aliphatic rings. The van der Waals surface area contributed by atoms with Crippen molar-refractivity contribution >= 4 is 28.3 Å². The van der Waals surface area contributed by atoms with Gasteiger partial charge < -0.3 is 20.1 Å². The van der Waals surface area contributed by atoms with Gasteiger partial charge in [-0.3, -0.25) is 4.98 Å². The summed E-state index contributed by atoms with van der Waals surface area (Å²) in [4.78, 5) is 20.8. The monoisotopic (exact) mass is 440 g/mol. The van der Waals surface area contributed by atoms with Crippen LogP contribution in [0.25, 0.3) is 10.9 Å². The summed E-state index contributed by atoms with van der Waals surface area (Å²) in [5, 5.41) is 5.91. The van der Waals surface area contributed by atoms with Gasteiger partial charge in [0.25, 0.3) is 0 Å². The lowest BCUT2D eigenvalue weighted by molar-refractivity contribution is -0.274. The largest absolute Gasteiger partial charge is 0.573 e. The van der Waals surface area contributed by atoms with Crippen molar-refractivity contribution in [1.29, 1.82) is 0 Å². The van der Waals surface area contributed by atoms with E-state index in [0.717, 1.165) is 23.0 Å². The molecule has 0 bridgehead atoms. The number of pyridine rings is 2. The van der Waals surface area contributed by atoms with E-state index < -0.39 is 18.1 Å². The summed E-state index contributed by atoms with van der Waals surface area (Å²) in [6.45, 7) is 0. The first-order chi connectivity index (χ1) is 15.4. The van der Waals surface area contributed by atoms with Gasteiger partial charge in [-0.25, -0.2) is 9.78 Å². The first-order valence-electron chi connectivity index (χ1n) is 9.28. The number of ether oxygens (including phenoxy) is 2. The quantitative estimate of drug-likeness (QED) is 0.400. The molecule has 32 heavy (non-hydrogen) atoms. The van der Waals surface area contributed by atoms with Gasteiger partial charge in [-0.2, -0.15) is 0 Å². The minimum Gasteiger partial charge on any atom is -0.436 e. The van der Waals surface area contributed by atoms with E-state index in [1.54, 1.807) is 36.5 Å². The molecule has 4 rings (SSSR count). The number of nitrogens with zero attached hydrogens (tertiary/aromatic N) is 2. The summed E-state index contributed by atoms with van der Waals surface area (Å²) >= 11 is 0. The summed E-state index contributed by atoms with van der Waals surface area (Å²) in [6.07, 6.45) is -1.60. The highest BCUT2D eigenvalue weighted by molar-refractivity contribution is 6.00. The molecule has 0 aliphatic heterocycles. The van der Waals surface area contributed by atoms with Gasteiger partial charge in [0, 0.05) is 23.5 Å². The second kappa shape index (κ2) is 8.80. The molecule has 0 saturated heterocycles. The molecule has 10 heteroatoms. The van der Waals surface area contributed by atoms with E-state index in [4.69, 9.17) is 4.74 Å². The van der Waals surface area contributed by atoms with Crippen LogP contribution in [0.5, 0.6) is 17.4 Å². The average molecular weight is 440 g/mol. The SMILES string of the molecule is O=C(Nc1ccc(OC(F)(F)F)cc1)Nc1cccnc1Oc1cccc2ncccc12. The number of aromatic nitrogens is 2. The number of alkyl halides is 3. The number of anilines is 2. The maximum absolute atomic E-state index is 12.4. The van der Waals surface area contributed by atoms with Crippen LogP contribution in [0.15, 0.2) is 79.1 Å². The lowest BCUT2D eigenvalue weighted by Gasteiger charge is -2.13. The zero-order chi connectivity index (χ0) is 22.6. The smallest absolute Gasteiger partial charge is 0.436 e. The number of halogens is 3. The van der Waals surface area contributed by atoms with Crippen LogP contribution in [-0.4, -0.2) is 22.4 Å². The molecule has 7 nitrogen and oxygen atoms in total. The fraction of sp³-hybridized carbons (Fsp3) is 0.0455. The molecule has 0 spiro atoms. The predicted octanol–water partition coefficient (Wildman–Crippen LogP) is 5.96. The Morgan fingerprint density at radius 2 is 1.59 bits per heavy atom. The predicted molar refractivity (Wildman–Crippen MR) is 112 cm³/mol. The van der Waals surface area contributed by atoms with Gasteiger partial charge in [-0.1, -0.05) is 6.07 Å². The minimum absolute atomic E-state index is 0.160. The highest BCUT2D eigenvalue weighted by Crippen LogP contribution is 2.32. The molecule has 2 aromatic carbocycles. The van der Waals surface area contributed by atoms with Gasteiger partial charge in [0.2, 0.25) is 5.88 Å². The molecule has 2 heterocycles. The maximum atomic E-state index is 12.4. The third kappa shape index (κ3) is 5.22. The first-order valence-corrected chi connectivity index (χ1v) is 9.28. The Bertz CT molecular complexity index is 1240. The second-order valence-corrected chi connectivity index (χ2v) is 6.44. The van der Waals surface area contributed by atoms with Crippen LogP contribution >= 0.6 is 0 Å². The highest BCUT2D eigenvalue weighted by Gasteiger charge is 2.31. The summed E-state index contributed by atoms with van der Waals surface area (Å²) in [6, 6.07) is 16.4. The Balaban J connectivity index is 1.46. The van der Waals surface area contributed by atoms with Crippen molar-refractivity contribution in [1.82, 2.24) is 9.97 Å². The number of amides is 2. The van der Waals surface area contributed by atoms with Gasteiger partial charge >= 0.3 is 12.4 Å². The third-order valence-electron chi connectivity index (χ3n) is 4.18. The number of hydrogen-bond acceptors (Lipinski definition) is 5. The number of fused-ring (bicyclic) bond motifs is 1. The number of rotatable bonds is 5. The molecule has 0 fully saturated rings. The molecule has 0 aliphatic carbocycles. The number of hydrogen-bond donors (Lipinski definition) is 2. The molecule has 2 N–H and O–H groups in total. The fourth-order valence-corrected chi connectivity index (χ4v) is 2.86. The van der Waals surface area contributed by atoms with E-state index in [2.05, 4.69) is 25.3 Å². The molecular weight excluding hydrogens is 425 g/mol. The number of carbonyl (C=O) groups is 1. The molecule has 0 atom stereocenters. The van der Waals surface area contributed by atoms with E-state index in [9.17, 15) is 18.0 Å². The van der Waals surface area contributed by atoms with Crippen molar-refractivity contribution < 1.29 is 27.4 Å². The topological polar surface area (TPSA) is 85.4 Å². The van der Waals surface area contributed by atoms with Gasteiger partial charge in [-0.05, 0) is 60.7 Å². The molecule has 0 unspecified atom stereocenters. The van der Waals surface area contributed by atoms with Gasteiger partial charge in [0.1, 0.15) is 17.2 Å². The van der Waals surface area contributed by atoms with Gasteiger partial charge in [-0.15, -0.1) is 13.2 Å². The summed E-state index contributed by atoms with van der Waals surface area (Å²) in [7, 11) is 0. The molecule has 2 aromatic heterocycles. The second-order valence-electron chi connectivity index (χ2n) is 6.44. The third-order valence-corrected chi connectivity index (χ3v) is 4.18. The van der Waals surface area contributed by atoms with E-state index in [1.807, 2.05) is 12.1 Å². The van der Waals surface area contributed by atoms with Crippen molar-refractivity contribution in [3.8, 4) is 17.4 Å². The zero-order valence-electron chi connectivity index (χ0n) is 16.3. The van der Waals surface area contributed by atoms with Crippen LogP contribution in [0.1, 0.15) is 0 Å². The Labute approximate surface area is 179 Å². The first kappa shape index (κ1) is 20.9. The van der Waals surface area contributed by atoms with Crippen molar-refractivity contribution in [3.05, 3.63) is 79.1 Å². The molecule has 2 amide bonds. The van der Waals surface area contributed by atoms with Gasteiger partial charge in [0.15, 0.2) is 0 Å². The molecule has 0 saturated carbocycles. The van der Waals surface area contributed by atoms with Crippen LogP contribution in [0, 0.1) is 0 Å². The zero-order valence-corrected chi connectivity index (χ0v) is 16.3. The van der Waals surface area contributed by atoms with E-state index in [-0.39, 0.29) is 11.6 Å². The average Bonchev–Trinajstić information content (AvgIpc) is 2.76. The summed E-state index contributed by atoms with van der Waals surface area (Å²) in [5.41, 5.74) is 1.30. The van der Waals surface area contributed by atoms with E-state index >= 15 is 0 Å². The van der Waals surface area contributed by atoms with Crippen molar-refractivity contribution in [2.75, 3.05) is 10.6 Å². The van der Waals surface area contributed by atoms with Crippen LogP contribution in [0.4, 0.5) is 29.3 Å². The van der Waals surface area contributed by atoms with Crippen molar-refractivity contribution in [3.63, 3.8) is 0 Å². The van der Waals surface area contributed by atoms with Crippen molar-refractivity contribution in [2.45, 2.75) is 6.36 Å². The Kier molecular flexibility index (Phi) is 5.75. The Hall–Kier alpha value is -4.34. The summed E-state index contributed by atoms with van der Waals surface area (Å²) < 4.78 is 46.5. The fourth-order valence-electron chi connectivity index (χ4n) is 2.86. The standard InChI is InChI=1S/C22H15F3N4O3/c23-22(24,25)32-15-10-8-14(9-11-15)28-21(30)29-18-6-3-13-27-20(18)31-19-7-1-5-17-16(19)4-2-12-26-17/h1-13H,(H2,28,29,30). The normalized spacial score (nSPS) is 11.1. The Morgan fingerprint density at radius 3 is 2.38 bits per heavy atom. The molecule has 0 radical (unpaired) electrons. The van der Waals surface area contributed by atoms with Crippen LogP contribution in [0.3, 0.4) is 0 Å². The minimum atomic E-state index is -4.79. The molecule has 4 aromatic rings. The van der Waals surface area contributed by atoms with E-state index in [0.29, 0.717) is 11.4 Å². The number of carbonyl (C=O) groups excluding carboxylic acids is 1. The lowest BCUT2D eigenvalue weighted by atomic mass is 10.2. The maximum Gasteiger partial charge on any atom is 0.573 e. The van der Waals surface area contributed by atoms with Crippen LogP contribution < -0.4 is 20.1 Å². The number of nitrogens with one attached hydrogen (secondary N) is 2. The highest BCUT2D eigenvalue weighted by atomic mass is 19.4. The number of urea groups is 1.